The predicted molar refractivity (Wildman–Crippen MR) is 113 cm³/mol. The molecule has 0 aromatic carbocycles. The highest BCUT2D eigenvalue weighted by Gasteiger charge is 2.06. The number of hydrogen-bond acceptors (Lipinski definition) is 1. The van der Waals surface area contributed by atoms with Crippen molar-refractivity contribution in [3.8, 4) is 0 Å². The van der Waals surface area contributed by atoms with Gasteiger partial charge in [-0.05, 0) is 12.8 Å². The largest absolute Gasteiger partial charge is 0.303 e. The first-order valence-electron chi connectivity index (χ1n) is 11.8. The molecule has 0 fully saturated rings. The second-order valence-corrected chi connectivity index (χ2v) is 8.13. The van der Waals surface area contributed by atoms with E-state index in [0.717, 1.165) is 12.8 Å². The fourth-order valence-electron chi connectivity index (χ4n) is 3.71. The van der Waals surface area contributed by atoms with Crippen LogP contribution >= 0.6 is 0 Å². The lowest BCUT2D eigenvalue weighted by Gasteiger charge is -2.10. The number of unbranched alkanes of at least 4 members (excludes halogenated alkanes) is 16. The first-order valence-corrected chi connectivity index (χ1v) is 11.8. The van der Waals surface area contributed by atoms with Crippen molar-refractivity contribution in [2.24, 2.45) is 5.92 Å². The lowest BCUT2D eigenvalue weighted by molar-refractivity contribution is -0.111. The van der Waals surface area contributed by atoms with Gasteiger partial charge in [0, 0.05) is 5.92 Å². The Morgan fingerprint density at radius 2 is 0.760 bits per heavy atom. The van der Waals surface area contributed by atoms with Crippen LogP contribution in [0.1, 0.15) is 142 Å². The van der Waals surface area contributed by atoms with Gasteiger partial charge in [-0.25, -0.2) is 0 Å². The van der Waals surface area contributed by atoms with Crippen molar-refractivity contribution >= 4 is 6.29 Å². The van der Waals surface area contributed by atoms with Crippen LogP contribution in [-0.4, -0.2) is 6.29 Å². The Kier molecular flexibility index (Phi) is 21.4. The average Bonchev–Trinajstić information content (AvgIpc) is 2.63. The maximum atomic E-state index is 11.2. The topological polar surface area (TPSA) is 17.1 Å². The van der Waals surface area contributed by atoms with Crippen molar-refractivity contribution in [2.45, 2.75) is 142 Å². The van der Waals surface area contributed by atoms with Gasteiger partial charge in [-0.15, -0.1) is 0 Å². The Morgan fingerprint density at radius 1 is 0.480 bits per heavy atom. The molecule has 0 rings (SSSR count). The first kappa shape index (κ1) is 24.7. The van der Waals surface area contributed by atoms with E-state index in [-0.39, 0.29) is 0 Å². The Balaban J connectivity index is 3.29. The van der Waals surface area contributed by atoms with Gasteiger partial charge in [-0.1, -0.05) is 129 Å². The molecular weight excluding hydrogens is 304 g/mol. The molecule has 150 valence electrons. The first-order chi connectivity index (χ1) is 12.3. The molecule has 0 bridgehead atoms. The van der Waals surface area contributed by atoms with Crippen LogP contribution in [0.4, 0.5) is 0 Å². The predicted octanol–water partition coefficient (Wildman–Crippen LogP) is 8.64. The van der Waals surface area contributed by atoms with Crippen LogP contribution in [0.25, 0.3) is 0 Å². The summed E-state index contributed by atoms with van der Waals surface area (Å²) in [6.45, 7) is 4.55. The third kappa shape index (κ3) is 19.8. The molecule has 0 aliphatic heterocycles. The summed E-state index contributed by atoms with van der Waals surface area (Å²) in [5, 5.41) is 0. The highest BCUT2D eigenvalue weighted by molar-refractivity contribution is 5.53. The summed E-state index contributed by atoms with van der Waals surface area (Å²) in [4.78, 5) is 11.2. The molecule has 0 saturated heterocycles. The van der Waals surface area contributed by atoms with Gasteiger partial charge in [0.1, 0.15) is 6.29 Å². The maximum Gasteiger partial charge on any atom is 0.123 e. The van der Waals surface area contributed by atoms with E-state index in [9.17, 15) is 4.79 Å². The number of rotatable bonds is 21. The zero-order valence-electron chi connectivity index (χ0n) is 17.7. The van der Waals surface area contributed by atoms with E-state index in [1.165, 1.54) is 122 Å². The van der Waals surface area contributed by atoms with Crippen LogP contribution in [0.2, 0.25) is 0 Å². The monoisotopic (exact) mass is 352 g/mol. The second kappa shape index (κ2) is 21.7. The lowest BCUT2D eigenvalue weighted by Crippen LogP contribution is -2.02. The molecular formula is C24H48O. The molecule has 1 heteroatoms. The molecule has 0 N–H and O–H groups in total. The van der Waals surface area contributed by atoms with Crippen LogP contribution in [0.5, 0.6) is 0 Å². The molecule has 0 aliphatic carbocycles. The highest BCUT2D eigenvalue weighted by atomic mass is 16.1. The third-order valence-corrected chi connectivity index (χ3v) is 5.55. The fourth-order valence-corrected chi connectivity index (χ4v) is 3.71. The SMILES string of the molecule is CCCCCCCCCCCCC(C=O)CCCCCCCCCC. The molecule has 1 nitrogen and oxygen atoms in total. The summed E-state index contributed by atoms with van der Waals surface area (Å²) in [5.74, 6) is 0.342. The molecule has 25 heavy (non-hydrogen) atoms. The van der Waals surface area contributed by atoms with Crippen molar-refractivity contribution in [2.75, 3.05) is 0 Å². The number of carbonyl (C=O) groups is 1. The van der Waals surface area contributed by atoms with Gasteiger partial charge in [0.2, 0.25) is 0 Å². The van der Waals surface area contributed by atoms with E-state index in [1.807, 2.05) is 0 Å². The molecule has 1 atom stereocenters. The summed E-state index contributed by atoms with van der Waals surface area (Å²) in [7, 11) is 0. The Bertz CT molecular complexity index is 248. The van der Waals surface area contributed by atoms with E-state index in [0.29, 0.717) is 5.92 Å². The standard InChI is InChI=1S/C24H48O/c1-3-5-7-9-11-13-14-16-18-20-22-24(23-25)21-19-17-15-12-10-8-6-4-2/h23-24H,3-22H2,1-2H3. The summed E-state index contributed by atoms with van der Waals surface area (Å²) >= 11 is 0. The van der Waals surface area contributed by atoms with E-state index >= 15 is 0 Å². The van der Waals surface area contributed by atoms with E-state index < -0.39 is 0 Å². The molecule has 0 radical (unpaired) electrons. The van der Waals surface area contributed by atoms with Crippen molar-refractivity contribution in [3.05, 3.63) is 0 Å². The van der Waals surface area contributed by atoms with E-state index in [4.69, 9.17) is 0 Å². The Hall–Kier alpha value is -0.330. The van der Waals surface area contributed by atoms with Crippen LogP contribution in [0.3, 0.4) is 0 Å². The molecule has 0 saturated carbocycles. The molecule has 0 aliphatic rings. The number of aldehydes is 1. The number of carbonyl (C=O) groups excluding carboxylic acids is 1. The van der Waals surface area contributed by atoms with Crippen molar-refractivity contribution < 1.29 is 4.79 Å². The van der Waals surface area contributed by atoms with Gasteiger partial charge in [-0.2, -0.15) is 0 Å². The number of hydrogen-bond donors (Lipinski definition) is 0. The van der Waals surface area contributed by atoms with Crippen LogP contribution in [0.15, 0.2) is 0 Å². The average molecular weight is 353 g/mol. The maximum absolute atomic E-state index is 11.2. The van der Waals surface area contributed by atoms with Gasteiger partial charge in [-0.3, -0.25) is 0 Å². The zero-order chi connectivity index (χ0) is 18.4. The van der Waals surface area contributed by atoms with Crippen LogP contribution in [-0.2, 0) is 4.79 Å². The van der Waals surface area contributed by atoms with E-state index in [2.05, 4.69) is 13.8 Å². The van der Waals surface area contributed by atoms with E-state index in [1.54, 1.807) is 0 Å². The van der Waals surface area contributed by atoms with Crippen molar-refractivity contribution in [3.63, 3.8) is 0 Å². The summed E-state index contributed by atoms with van der Waals surface area (Å²) in [6, 6.07) is 0. The highest BCUT2D eigenvalue weighted by Crippen LogP contribution is 2.18. The molecule has 0 heterocycles. The minimum atomic E-state index is 0.342. The Morgan fingerprint density at radius 3 is 1.04 bits per heavy atom. The molecule has 0 aromatic heterocycles. The minimum Gasteiger partial charge on any atom is -0.303 e. The summed E-state index contributed by atoms with van der Waals surface area (Å²) in [5.41, 5.74) is 0. The third-order valence-electron chi connectivity index (χ3n) is 5.55. The van der Waals surface area contributed by atoms with Gasteiger partial charge in [0.15, 0.2) is 0 Å². The van der Waals surface area contributed by atoms with Crippen molar-refractivity contribution in [1.29, 1.82) is 0 Å². The fraction of sp³-hybridized carbons (Fsp3) is 0.958. The minimum absolute atomic E-state index is 0.342. The second-order valence-electron chi connectivity index (χ2n) is 8.13. The molecule has 0 aromatic rings. The van der Waals surface area contributed by atoms with Crippen molar-refractivity contribution in [1.82, 2.24) is 0 Å². The Labute approximate surface area is 159 Å². The molecule has 0 amide bonds. The smallest absolute Gasteiger partial charge is 0.123 e. The van der Waals surface area contributed by atoms with Gasteiger partial charge in [0.05, 0.1) is 0 Å². The summed E-state index contributed by atoms with van der Waals surface area (Å²) < 4.78 is 0. The molecule has 0 spiro atoms. The van der Waals surface area contributed by atoms with Gasteiger partial charge in [0.25, 0.3) is 0 Å². The normalized spacial score (nSPS) is 12.4. The van der Waals surface area contributed by atoms with Gasteiger partial charge < -0.3 is 4.79 Å². The van der Waals surface area contributed by atoms with Crippen LogP contribution < -0.4 is 0 Å². The van der Waals surface area contributed by atoms with Crippen LogP contribution in [0, 0.1) is 5.92 Å². The lowest BCUT2D eigenvalue weighted by atomic mass is 9.95. The molecule has 1 unspecified atom stereocenters. The quantitative estimate of drug-likeness (QED) is 0.149. The van der Waals surface area contributed by atoms with Gasteiger partial charge >= 0.3 is 0 Å². The summed E-state index contributed by atoms with van der Waals surface area (Å²) in [6.07, 6.45) is 28.2. The zero-order valence-corrected chi connectivity index (χ0v) is 17.7.